The SMILES string of the molecule is CNC(=O)C(C)CN(C)c1ncccc1CNC1CC1. The molecule has 0 bridgehead atoms. The number of carbonyl (C=O) groups excluding carboxylic acids is 1. The molecule has 1 amide bonds. The van der Waals surface area contributed by atoms with Crippen LogP contribution in [0.2, 0.25) is 0 Å². The van der Waals surface area contributed by atoms with Gasteiger partial charge in [-0.05, 0) is 18.9 Å². The molecule has 1 unspecified atom stereocenters. The van der Waals surface area contributed by atoms with E-state index in [4.69, 9.17) is 0 Å². The number of hydrogen-bond acceptors (Lipinski definition) is 4. The number of nitrogens with zero attached hydrogens (tertiary/aromatic N) is 2. The summed E-state index contributed by atoms with van der Waals surface area (Å²) >= 11 is 0. The van der Waals surface area contributed by atoms with E-state index in [1.807, 2.05) is 20.0 Å². The molecule has 110 valence electrons. The third kappa shape index (κ3) is 3.93. The van der Waals surface area contributed by atoms with Crippen LogP contribution in [0.3, 0.4) is 0 Å². The number of nitrogens with one attached hydrogen (secondary N) is 2. The van der Waals surface area contributed by atoms with Crippen molar-refractivity contribution in [3.63, 3.8) is 0 Å². The van der Waals surface area contributed by atoms with E-state index in [1.165, 1.54) is 18.4 Å². The second-order valence-corrected chi connectivity index (χ2v) is 5.54. The highest BCUT2D eigenvalue weighted by Crippen LogP contribution is 2.22. The number of hydrogen-bond donors (Lipinski definition) is 2. The van der Waals surface area contributed by atoms with Crippen LogP contribution in [0.4, 0.5) is 5.82 Å². The van der Waals surface area contributed by atoms with E-state index >= 15 is 0 Å². The van der Waals surface area contributed by atoms with Crippen LogP contribution in [0.15, 0.2) is 18.3 Å². The lowest BCUT2D eigenvalue weighted by Gasteiger charge is -2.24. The molecule has 2 rings (SSSR count). The monoisotopic (exact) mass is 276 g/mol. The Morgan fingerprint density at radius 2 is 2.30 bits per heavy atom. The van der Waals surface area contributed by atoms with Gasteiger partial charge in [0.1, 0.15) is 5.82 Å². The number of anilines is 1. The molecule has 1 heterocycles. The van der Waals surface area contributed by atoms with Crippen molar-refractivity contribution < 1.29 is 4.79 Å². The van der Waals surface area contributed by atoms with Crippen molar-refractivity contribution in [3.8, 4) is 0 Å². The Kier molecular flexibility index (Phi) is 4.95. The lowest BCUT2D eigenvalue weighted by molar-refractivity contribution is -0.123. The number of amides is 1. The summed E-state index contributed by atoms with van der Waals surface area (Å²) in [6.07, 6.45) is 4.36. The highest BCUT2D eigenvalue weighted by molar-refractivity contribution is 5.78. The molecule has 0 spiro atoms. The zero-order valence-electron chi connectivity index (χ0n) is 12.5. The van der Waals surface area contributed by atoms with Crippen molar-refractivity contribution in [3.05, 3.63) is 23.9 Å². The molecule has 0 aliphatic heterocycles. The first-order valence-electron chi connectivity index (χ1n) is 7.21. The van der Waals surface area contributed by atoms with Gasteiger partial charge >= 0.3 is 0 Å². The van der Waals surface area contributed by atoms with E-state index in [0.29, 0.717) is 12.6 Å². The van der Waals surface area contributed by atoms with Crippen LogP contribution in [0.5, 0.6) is 0 Å². The van der Waals surface area contributed by atoms with Gasteiger partial charge in [-0.25, -0.2) is 4.98 Å². The van der Waals surface area contributed by atoms with Crippen molar-refractivity contribution in [2.24, 2.45) is 5.92 Å². The van der Waals surface area contributed by atoms with Crippen LogP contribution >= 0.6 is 0 Å². The van der Waals surface area contributed by atoms with Crippen LogP contribution in [0.25, 0.3) is 0 Å². The van der Waals surface area contributed by atoms with E-state index in [1.54, 1.807) is 13.2 Å². The molecule has 0 aromatic carbocycles. The maximum Gasteiger partial charge on any atom is 0.224 e. The topological polar surface area (TPSA) is 57.3 Å². The first-order valence-corrected chi connectivity index (χ1v) is 7.21. The van der Waals surface area contributed by atoms with Gasteiger partial charge in [0.25, 0.3) is 0 Å². The van der Waals surface area contributed by atoms with Crippen LogP contribution in [0, 0.1) is 5.92 Å². The summed E-state index contributed by atoms with van der Waals surface area (Å²) in [7, 11) is 3.66. The van der Waals surface area contributed by atoms with Crippen LogP contribution in [-0.2, 0) is 11.3 Å². The fourth-order valence-corrected chi connectivity index (χ4v) is 2.28. The molecule has 1 atom stereocenters. The molecule has 1 saturated carbocycles. The van der Waals surface area contributed by atoms with Gasteiger partial charge in [0.2, 0.25) is 5.91 Å². The summed E-state index contributed by atoms with van der Waals surface area (Å²) in [4.78, 5) is 18.1. The quantitative estimate of drug-likeness (QED) is 0.784. The smallest absolute Gasteiger partial charge is 0.224 e. The standard InChI is InChI=1S/C15H24N4O/c1-11(15(20)16-2)10-19(3)14-12(5-4-8-17-14)9-18-13-6-7-13/h4-5,8,11,13,18H,6-7,9-10H2,1-3H3,(H,16,20). The van der Waals surface area contributed by atoms with Gasteiger partial charge in [0, 0.05) is 45.0 Å². The maximum atomic E-state index is 11.6. The predicted molar refractivity (Wildman–Crippen MR) is 80.6 cm³/mol. The number of carbonyl (C=O) groups is 1. The number of pyridine rings is 1. The van der Waals surface area contributed by atoms with Gasteiger partial charge < -0.3 is 15.5 Å². The molecule has 1 aromatic heterocycles. The molecular formula is C15H24N4O. The Balaban J connectivity index is 2.00. The Bertz CT molecular complexity index is 459. The zero-order valence-corrected chi connectivity index (χ0v) is 12.5. The van der Waals surface area contributed by atoms with Crippen LogP contribution < -0.4 is 15.5 Å². The van der Waals surface area contributed by atoms with Gasteiger partial charge in [-0.15, -0.1) is 0 Å². The molecule has 5 heteroatoms. The van der Waals surface area contributed by atoms with Gasteiger partial charge in [-0.3, -0.25) is 4.79 Å². The summed E-state index contributed by atoms with van der Waals surface area (Å²) in [5.74, 6) is 0.957. The fourth-order valence-electron chi connectivity index (χ4n) is 2.28. The first kappa shape index (κ1) is 14.8. The minimum absolute atomic E-state index is 0.0590. The molecule has 0 radical (unpaired) electrons. The largest absolute Gasteiger partial charge is 0.359 e. The minimum Gasteiger partial charge on any atom is -0.359 e. The van der Waals surface area contributed by atoms with Crippen LogP contribution in [0.1, 0.15) is 25.3 Å². The van der Waals surface area contributed by atoms with Crippen LogP contribution in [-0.4, -0.2) is 37.6 Å². The van der Waals surface area contributed by atoms with E-state index in [0.717, 1.165) is 12.4 Å². The van der Waals surface area contributed by atoms with Gasteiger partial charge in [-0.1, -0.05) is 13.0 Å². The van der Waals surface area contributed by atoms with Crippen molar-refractivity contribution in [1.29, 1.82) is 0 Å². The lowest BCUT2D eigenvalue weighted by atomic mass is 10.1. The summed E-state index contributed by atoms with van der Waals surface area (Å²) < 4.78 is 0. The normalized spacial score (nSPS) is 15.8. The zero-order chi connectivity index (χ0) is 14.5. The van der Waals surface area contributed by atoms with E-state index in [-0.39, 0.29) is 11.8 Å². The van der Waals surface area contributed by atoms with Crippen molar-refractivity contribution in [2.45, 2.75) is 32.4 Å². The Labute approximate surface area is 120 Å². The molecular weight excluding hydrogens is 252 g/mol. The summed E-state index contributed by atoms with van der Waals surface area (Å²) in [6, 6.07) is 4.74. The second kappa shape index (κ2) is 6.70. The third-order valence-electron chi connectivity index (χ3n) is 3.63. The molecule has 2 N–H and O–H groups in total. The number of aromatic nitrogens is 1. The Hall–Kier alpha value is -1.62. The highest BCUT2D eigenvalue weighted by atomic mass is 16.1. The van der Waals surface area contributed by atoms with E-state index < -0.39 is 0 Å². The summed E-state index contributed by atoms with van der Waals surface area (Å²) in [5, 5.41) is 6.20. The first-order chi connectivity index (χ1) is 9.61. The Morgan fingerprint density at radius 1 is 1.55 bits per heavy atom. The van der Waals surface area contributed by atoms with E-state index in [2.05, 4.69) is 26.6 Å². The Morgan fingerprint density at radius 3 is 2.95 bits per heavy atom. The van der Waals surface area contributed by atoms with Crippen molar-refractivity contribution >= 4 is 11.7 Å². The molecule has 20 heavy (non-hydrogen) atoms. The van der Waals surface area contributed by atoms with Crippen molar-refractivity contribution in [2.75, 3.05) is 25.5 Å². The van der Waals surface area contributed by atoms with E-state index in [9.17, 15) is 4.79 Å². The molecule has 5 nitrogen and oxygen atoms in total. The lowest BCUT2D eigenvalue weighted by Crippen LogP contribution is -2.35. The van der Waals surface area contributed by atoms with Crippen molar-refractivity contribution in [1.82, 2.24) is 15.6 Å². The number of rotatable bonds is 7. The molecule has 0 saturated heterocycles. The third-order valence-corrected chi connectivity index (χ3v) is 3.63. The summed E-state index contributed by atoms with van der Waals surface area (Å²) in [5.41, 5.74) is 1.19. The molecule has 1 aliphatic carbocycles. The average molecular weight is 276 g/mol. The summed E-state index contributed by atoms with van der Waals surface area (Å²) in [6.45, 7) is 3.43. The molecule has 1 aliphatic rings. The molecule has 1 aromatic rings. The van der Waals surface area contributed by atoms with Gasteiger partial charge in [-0.2, -0.15) is 0 Å². The molecule has 1 fully saturated rings. The second-order valence-electron chi connectivity index (χ2n) is 5.54. The van der Waals surface area contributed by atoms with Gasteiger partial charge in [0.15, 0.2) is 0 Å². The minimum atomic E-state index is -0.0590. The average Bonchev–Trinajstić information content (AvgIpc) is 3.28. The maximum absolute atomic E-state index is 11.6. The van der Waals surface area contributed by atoms with Gasteiger partial charge in [0.05, 0.1) is 5.92 Å². The highest BCUT2D eigenvalue weighted by Gasteiger charge is 2.21. The predicted octanol–water partition coefficient (Wildman–Crippen LogP) is 1.15. The fraction of sp³-hybridized carbons (Fsp3) is 0.600.